The SMILES string of the molecule is C/C=C(\C=C/c1ccccc1)c1c2ccccc2c(-c2ccc3ccccc3c2)c2cc(C3=CC(=N)C(=N)C=C3)ccc12. The van der Waals surface area contributed by atoms with E-state index in [4.69, 9.17) is 10.8 Å². The summed E-state index contributed by atoms with van der Waals surface area (Å²) in [6, 6.07) is 41.0. The molecule has 204 valence electrons. The van der Waals surface area contributed by atoms with Gasteiger partial charge >= 0.3 is 0 Å². The second kappa shape index (κ2) is 11.0. The van der Waals surface area contributed by atoms with E-state index in [0.717, 1.165) is 27.7 Å². The van der Waals surface area contributed by atoms with Crippen molar-refractivity contribution >= 4 is 61.0 Å². The van der Waals surface area contributed by atoms with Crippen molar-refractivity contribution in [1.29, 1.82) is 10.8 Å². The van der Waals surface area contributed by atoms with Gasteiger partial charge in [0.05, 0.1) is 11.4 Å². The van der Waals surface area contributed by atoms with Gasteiger partial charge in [0.2, 0.25) is 0 Å². The van der Waals surface area contributed by atoms with Crippen LogP contribution in [0.25, 0.3) is 60.7 Å². The van der Waals surface area contributed by atoms with Gasteiger partial charge in [-0.15, -0.1) is 0 Å². The van der Waals surface area contributed by atoms with Crippen LogP contribution < -0.4 is 0 Å². The van der Waals surface area contributed by atoms with Crippen LogP contribution in [0, 0.1) is 10.8 Å². The number of allylic oxidation sites excluding steroid dienone is 7. The third-order valence-corrected chi connectivity index (χ3v) is 8.27. The van der Waals surface area contributed by atoms with E-state index in [1.165, 1.54) is 43.6 Å². The molecule has 0 aromatic heterocycles. The number of benzene rings is 6. The maximum atomic E-state index is 8.26. The van der Waals surface area contributed by atoms with Crippen molar-refractivity contribution < 1.29 is 0 Å². The standard InChI is InChI=1S/C41H30N2/c1-2-28(17-16-27-10-4-3-5-11-27)40-34-14-8-9-15-35(34)41(33-19-18-29-12-6-7-13-30(29)24-33)37-25-31(20-22-36(37)40)32-21-23-38(42)39(43)26-32/h2-26,42-43H,1H3/b17-16-,28-2+,42-38?,43-39?. The summed E-state index contributed by atoms with van der Waals surface area (Å²) in [5.74, 6) is 0. The number of rotatable bonds is 5. The monoisotopic (exact) mass is 550 g/mol. The van der Waals surface area contributed by atoms with Crippen molar-refractivity contribution in [2.24, 2.45) is 0 Å². The van der Waals surface area contributed by atoms with E-state index in [9.17, 15) is 0 Å². The van der Waals surface area contributed by atoms with Gasteiger partial charge in [-0.25, -0.2) is 0 Å². The predicted molar refractivity (Wildman–Crippen MR) is 186 cm³/mol. The molecule has 2 heteroatoms. The van der Waals surface area contributed by atoms with Gasteiger partial charge in [-0.05, 0) is 102 Å². The molecule has 0 unspecified atom stereocenters. The topological polar surface area (TPSA) is 47.7 Å². The lowest BCUT2D eigenvalue weighted by atomic mass is 9.83. The quantitative estimate of drug-likeness (QED) is 0.122. The van der Waals surface area contributed by atoms with Gasteiger partial charge in [-0.3, -0.25) is 10.8 Å². The molecule has 6 aromatic carbocycles. The van der Waals surface area contributed by atoms with Crippen LogP contribution in [-0.2, 0) is 0 Å². The van der Waals surface area contributed by atoms with Gasteiger partial charge in [0, 0.05) is 0 Å². The molecule has 1 aliphatic carbocycles. The van der Waals surface area contributed by atoms with Gasteiger partial charge in [-0.1, -0.05) is 127 Å². The van der Waals surface area contributed by atoms with E-state index in [1.54, 1.807) is 12.2 Å². The van der Waals surface area contributed by atoms with Crippen LogP contribution in [0.1, 0.15) is 23.6 Å². The normalized spacial score (nSPS) is 13.9. The molecule has 0 radical (unpaired) electrons. The molecule has 0 saturated heterocycles. The van der Waals surface area contributed by atoms with E-state index in [-0.39, 0.29) is 11.4 Å². The van der Waals surface area contributed by atoms with Crippen LogP contribution in [-0.4, -0.2) is 11.4 Å². The Bertz CT molecular complexity index is 2210. The zero-order valence-corrected chi connectivity index (χ0v) is 23.9. The summed E-state index contributed by atoms with van der Waals surface area (Å²) >= 11 is 0. The zero-order chi connectivity index (χ0) is 29.3. The molecular weight excluding hydrogens is 520 g/mol. The fourth-order valence-corrected chi connectivity index (χ4v) is 6.12. The highest BCUT2D eigenvalue weighted by Gasteiger charge is 2.19. The molecule has 0 bridgehead atoms. The Morgan fingerprint density at radius 3 is 2.07 bits per heavy atom. The first-order valence-electron chi connectivity index (χ1n) is 14.6. The number of fused-ring (bicyclic) bond motifs is 3. The Morgan fingerprint density at radius 2 is 1.28 bits per heavy atom. The second-order valence-corrected chi connectivity index (χ2v) is 10.9. The summed E-state index contributed by atoms with van der Waals surface area (Å²) in [6.45, 7) is 2.11. The summed E-state index contributed by atoms with van der Waals surface area (Å²) in [6.07, 6.45) is 12.0. The molecule has 0 fully saturated rings. The van der Waals surface area contributed by atoms with Crippen molar-refractivity contribution in [2.45, 2.75) is 6.92 Å². The van der Waals surface area contributed by atoms with Crippen LogP contribution in [0.2, 0.25) is 0 Å². The Balaban J connectivity index is 1.55. The summed E-state index contributed by atoms with van der Waals surface area (Å²) in [5.41, 5.74) is 8.35. The van der Waals surface area contributed by atoms with Crippen molar-refractivity contribution in [3.63, 3.8) is 0 Å². The lowest BCUT2D eigenvalue weighted by Gasteiger charge is -2.20. The average Bonchev–Trinajstić information content (AvgIpc) is 3.06. The summed E-state index contributed by atoms with van der Waals surface area (Å²) in [5, 5.41) is 23.5. The maximum absolute atomic E-state index is 8.26. The van der Waals surface area contributed by atoms with Crippen LogP contribution >= 0.6 is 0 Å². The van der Waals surface area contributed by atoms with E-state index in [1.807, 2.05) is 12.1 Å². The highest BCUT2D eigenvalue weighted by atomic mass is 14.5. The van der Waals surface area contributed by atoms with E-state index in [2.05, 4.69) is 134 Å². The van der Waals surface area contributed by atoms with Crippen molar-refractivity contribution in [2.75, 3.05) is 0 Å². The molecule has 6 aromatic rings. The summed E-state index contributed by atoms with van der Waals surface area (Å²) in [7, 11) is 0. The molecule has 1 aliphatic rings. The molecule has 7 rings (SSSR count). The second-order valence-electron chi connectivity index (χ2n) is 10.9. The fourth-order valence-electron chi connectivity index (χ4n) is 6.12. The molecule has 0 spiro atoms. The van der Waals surface area contributed by atoms with Gasteiger partial charge in [0.15, 0.2) is 0 Å². The van der Waals surface area contributed by atoms with Crippen molar-refractivity contribution in [1.82, 2.24) is 0 Å². The first kappa shape index (κ1) is 26.3. The molecule has 0 aliphatic heterocycles. The molecule has 2 nitrogen and oxygen atoms in total. The Hall–Kier alpha value is -5.60. The Kier molecular flexibility index (Phi) is 6.73. The van der Waals surface area contributed by atoms with Crippen molar-refractivity contribution in [3.8, 4) is 11.1 Å². The number of nitrogens with one attached hydrogen (secondary N) is 2. The first-order chi connectivity index (χ1) is 21.1. The lowest BCUT2D eigenvalue weighted by molar-refractivity contribution is 1.49. The van der Waals surface area contributed by atoms with Gasteiger partial charge in [-0.2, -0.15) is 0 Å². The number of hydrogen-bond acceptors (Lipinski definition) is 2. The van der Waals surface area contributed by atoms with E-state index in [0.29, 0.717) is 0 Å². The Morgan fingerprint density at radius 1 is 0.581 bits per heavy atom. The molecule has 0 atom stereocenters. The van der Waals surface area contributed by atoms with Crippen LogP contribution in [0.4, 0.5) is 0 Å². The smallest absolute Gasteiger partial charge is 0.0795 e. The lowest BCUT2D eigenvalue weighted by Crippen LogP contribution is -2.09. The highest BCUT2D eigenvalue weighted by molar-refractivity contribution is 6.50. The molecule has 0 heterocycles. The summed E-state index contributed by atoms with van der Waals surface area (Å²) < 4.78 is 0. The van der Waals surface area contributed by atoms with Gasteiger partial charge < -0.3 is 0 Å². The van der Waals surface area contributed by atoms with Crippen LogP contribution in [0.3, 0.4) is 0 Å². The Labute approximate surface area is 251 Å². The summed E-state index contributed by atoms with van der Waals surface area (Å²) in [4.78, 5) is 0. The van der Waals surface area contributed by atoms with Gasteiger partial charge in [0.1, 0.15) is 0 Å². The van der Waals surface area contributed by atoms with Crippen LogP contribution in [0.15, 0.2) is 146 Å². The highest BCUT2D eigenvalue weighted by Crippen LogP contribution is 2.43. The largest absolute Gasteiger partial charge is 0.299 e. The fraction of sp³-hybridized carbons (Fsp3) is 0.0244. The first-order valence-corrected chi connectivity index (χ1v) is 14.6. The van der Waals surface area contributed by atoms with E-state index < -0.39 is 0 Å². The number of hydrogen-bond donors (Lipinski definition) is 2. The third kappa shape index (κ3) is 4.83. The van der Waals surface area contributed by atoms with E-state index >= 15 is 0 Å². The van der Waals surface area contributed by atoms with Gasteiger partial charge in [0.25, 0.3) is 0 Å². The zero-order valence-electron chi connectivity index (χ0n) is 23.9. The minimum absolute atomic E-state index is 0.230. The average molecular weight is 551 g/mol. The van der Waals surface area contributed by atoms with Crippen molar-refractivity contribution in [3.05, 3.63) is 162 Å². The maximum Gasteiger partial charge on any atom is 0.0795 e. The molecule has 0 amide bonds. The minimum atomic E-state index is 0.230. The molecule has 43 heavy (non-hydrogen) atoms. The molecular formula is C41H30N2. The molecule has 0 saturated carbocycles. The minimum Gasteiger partial charge on any atom is -0.299 e. The van der Waals surface area contributed by atoms with Crippen LogP contribution in [0.5, 0.6) is 0 Å². The molecule has 2 N–H and O–H groups in total. The predicted octanol–water partition coefficient (Wildman–Crippen LogP) is 10.9. The third-order valence-electron chi connectivity index (χ3n) is 8.27.